The van der Waals surface area contributed by atoms with Crippen molar-refractivity contribution in [2.75, 3.05) is 13.2 Å². The van der Waals surface area contributed by atoms with E-state index in [2.05, 4.69) is 10.2 Å². The lowest BCUT2D eigenvalue weighted by molar-refractivity contribution is 0.0708. The van der Waals surface area contributed by atoms with Gasteiger partial charge >= 0.3 is 0 Å². The third kappa shape index (κ3) is 3.43. The molecule has 7 nitrogen and oxygen atoms in total. The summed E-state index contributed by atoms with van der Waals surface area (Å²) in [5, 5.41) is 17.6. The summed E-state index contributed by atoms with van der Waals surface area (Å²) in [7, 11) is 1.67. The fourth-order valence-electron chi connectivity index (χ4n) is 1.99. The number of aryl methyl sites for hydroxylation is 2. The van der Waals surface area contributed by atoms with Crippen molar-refractivity contribution in [1.29, 1.82) is 0 Å². The van der Waals surface area contributed by atoms with Crippen LogP contribution in [0.2, 0.25) is 5.15 Å². The molecule has 2 aromatic heterocycles. The summed E-state index contributed by atoms with van der Waals surface area (Å²) in [5.41, 5.74) is 1.23. The van der Waals surface area contributed by atoms with Gasteiger partial charge in [-0.25, -0.2) is 0 Å². The Morgan fingerprint density at radius 2 is 2.19 bits per heavy atom. The highest BCUT2D eigenvalue weighted by Gasteiger charge is 2.21. The van der Waals surface area contributed by atoms with Crippen molar-refractivity contribution >= 4 is 17.5 Å². The number of nitrogens with zero attached hydrogens (tertiary/aromatic N) is 5. The first-order chi connectivity index (χ1) is 10.1. The van der Waals surface area contributed by atoms with Crippen LogP contribution in [0.25, 0.3) is 0 Å². The summed E-state index contributed by atoms with van der Waals surface area (Å²) in [6.45, 7) is 3.22. The van der Waals surface area contributed by atoms with E-state index in [-0.39, 0.29) is 24.2 Å². The number of aliphatic hydroxyl groups is 1. The molecule has 0 radical (unpaired) electrons. The summed E-state index contributed by atoms with van der Waals surface area (Å²) >= 11 is 6.05. The fraction of sp³-hybridized carbons (Fsp3) is 0.462. The molecule has 1 amide bonds. The maximum atomic E-state index is 12.5. The van der Waals surface area contributed by atoms with Crippen molar-refractivity contribution in [3.63, 3.8) is 0 Å². The van der Waals surface area contributed by atoms with Crippen LogP contribution in [0.3, 0.4) is 0 Å². The quantitative estimate of drug-likeness (QED) is 0.861. The molecule has 1 N–H and O–H groups in total. The highest BCUT2D eigenvalue weighted by atomic mass is 35.5. The number of aliphatic hydroxyl groups excluding tert-OH is 1. The highest BCUT2D eigenvalue weighted by Crippen LogP contribution is 2.17. The van der Waals surface area contributed by atoms with Crippen LogP contribution in [0.5, 0.6) is 0 Å². The molecular formula is C13H18ClN5O2. The molecule has 0 atom stereocenters. The Morgan fingerprint density at radius 3 is 2.71 bits per heavy atom. The van der Waals surface area contributed by atoms with Gasteiger partial charge in [0.25, 0.3) is 5.91 Å². The monoisotopic (exact) mass is 311 g/mol. The van der Waals surface area contributed by atoms with Crippen molar-refractivity contribution in [2.24, 2.45) is 7.05 Å². The largest absolute Gasteiger partial charge is 0.395 e. The zero-order valence-corrected chi connectivity index (χ0v) is 12.8. The van der Waals surface area contributed by atoms with Gasteiger partial charge in [-0.1, -0.05) is 11.6 Å². The normalized spacial score (nSPS) is 10.9. The van der Waals surface area contributed by atoms with Crippen molar-refractivity contribution in [1.82, 2.24) is 24.5 Å². The van der Waals surface area contributed by atoms with E-state index < -0.39 is 0 Å². The van der Waals surface area contributed by atoms with Crippen LogP contribution in [-0.4, -0.2) is 48.6 Å². The number of hydrogen-bond acceptors (Lipinski definition) is 4. The van der Waals surface area contributed by atoms with Gasteiger partial charge in [-0.2, -0.15) is 10.2 Å². The molecule has 0 saturated heterocycles. The molecule has 8 heteroatoms. The van der Waals surface area contributed by atoms with Gasteiger partial charge in [0.1, 0.15) is 5.15 Å². The van der Waals surface area contributed by atoms with Crippen molar-refractivity contribution < 1.29 is 9.90 Å². The van der Waals surface area contributed by atoms with E-state index >= 15 is 0 Å². The highest BCUT2D eigenvalue weighted by molar-refractivity contribution is 6.32. The third-order valence-electron chi connectivity index (χ3n) is 3.14. The van der Waals surface area contributed by atoms with E-state index in [4.69, 9.17) is 16.7 Å². The topological polar surface area (TPSA) is 76.2 Å². The summed E-state index contributed by atoms with van der Waals surface area (Å²) in [5.74, 6) is -0.258. The minimum atomic E-state index is -0.258. The van der Waals surface area contributed by atoms with Crippen LogP contribution >= 0.6 is 11.6 Å². The summed E-state index contributed by atoms with van der Waals surface area (Å²) < 4.78 is 3.22. The third-order valence-corrected chi connectivity index (χ3v) is 3.59. The van der Waals surface area contributed by atoms with Gasteiger partial charge in [0, 0.05) is 38.4 Å². The summed E-state index contributed by atoms with van der Waals surface area (Å²) in [6.07, 6.45) is 5.03. The molecule has 0 aliphatic carbocycles. The molecule has 0 spiro atoms. The van der Waals surface area contributed by atoms with E-state index in [0.29, 0.717) is 12.1 Å². The van der Waals surface area contributed by atoms with Crippen molar-refractivity contribution in [3.8, 4) is 0 Å². The van der Waals surface area contributed by atoms with E-state index in [9.17, 15) is 4.79 Å². The minimum absolute atomic E-state index is 0.120. The average Bonchev–Trinajstić information content (AvgIpc) is 3.06. The zero-order chi connectivity index (χ0) is 15.4. The smallest absolute Gasteiger partial charge is 0.258 e. The summed E-state index contributed by atoms with van der Waals surface area (Å²) in [4.78, 5) is 14.0. The standard InChI is InChI=1S/C13H18ClN5O2/c1-3-19-9-10(6-16-19)8-18(4-5-20)13(21)11-7-15-17(2)12(11)14/h6-7,9,20H,3-5,8H2,1-2H3. The molecule has 2 rings (SSSR count). The molecule has 2 heterocycles. The van der Waals surface area contributed by atoms with Crippen LogP contribution in [0.4, 0.5) is 0 Å². The van der Waals surface area contributed by atoms with Gasteiger partial charge < -0.3 is 10.0 Å². The van der Waals surface area contributed by atoms with Crippen molar-refractivity contribution in [3.05, 3.63) is 34.9 Å². The van der Waals surface area contributed by atoms with Crippen LogP contribution in [0, 0.1) is 0 Å². The van der Waals surface area contributed by atoms with E-state index in [1.54, 1.807) is 17.9 Å². The number of aromatic nitrogens is 4. The fourth-order valence-corrected chi connectivity index (χ4v) is 2.16. The predicted octanol–water partition coefficient (Wildman–Crippen LogP) is 0.925. The molecule has 0 aliphatic heterocycles. The van der Waals surface area contributed by atoms with Crippen molar-refractivity contribution in [2.45, 2.75) is 20.0 Å². The van der Waals surface area contributed by atoms with Gasteiger partial charge in [-0.3, -0.25) is 14.2 Å². The number of carbonyl (C=O) groups excluding carboxylic acids is 1. The minimum Gasteiger partial charge on any atom is -0.395 e. The van der Waals surface area contributed by atoms with Crippen LogP contribution < -0.4 is 0 Å². The Balaban J connectivity index is 2.18. The first-order valence-electron chi connectivity index (χ1n) is 6.65. The van der Waals surface area contributed by atoms with Crippen LogP contribution in [-0.2, 0) is 20.1 Å². The number of amides is 1. The number of halogens is 1. The number of hydrogen-bond donors (Lipinski definition) is 1. The Bertz CT molecular complexity index is 622. The lowest BCUT2D eigenvalue weighted by Crippen LogP contribution is -2.33. The molecular weight excluding hydrogens is 294 g/mol. The van der Waals surface area contributed by atoms with Crippen LogP contribution in [0.1, 0.15) is 22.8 Å². The second kappa shape index (κ2) is 6.73. The molecule has 0 aliphatic rings. The molecule has 114 valence electrons. The molecule has 0 aromatic carbocycles. The molecule has 21 heavy (non-hydrogen) atoms. The second-order valence-electron chi connectivity index (χ2n) is 4.63. The second-order valence-corrected chi connectivity index (χ2v) is 4.99. The number of rotatable bonds is 6. The van der Waals surface area contributed by atoms with Crippen LogP contribution in [0.15, 0.2) is 18.6 Å². The van der Waals surface area contributed by atoms with Gasteiger partial charge in [0.05, 0.1) is 24.6 Å². The first kappa shape index (κ1) is 15.5. The molecule has 0 fully saturated rings. The zero-order valence-electron chi connectivity index (χ0n) is 12.0. The first-order valence-corrected chi connectivity index (χ1v) is 7.03. The molecule has 2 aromatic rings. The maximum absolute atomic E-state index is 12.5. The Labute approximate surface area is 127 Å². The van der Waals surface area contributed by atoms with Gasteiger partial charge in [-0.05, 0) is 6.92 Å². The average molecular weight is 312 g/mol. The predicted molar refractivity (Wildman–Crippen MR) is 77.9 cm³/mol. The van der Waals surface area contributed by atoms with E-state index in [0.717, 1.165) is 12.1 Å². The Hall–Kier alpha value is -1.86. The molecule has 0 unspecified atom stereocenters. The van der Waals surface area contributed by atoms with E-state index in [1.807, 2.05) is 13.1 Å². The molecule has 0 bridgehead atoms. The molecule has 0 saturated carbocycles. The Morgan fingerprint density at radius 1 is 1.43 bits per heavy atom. The summed E-state index contributed by atoms with van der Waals surface area (Å²) in [6, 6.07) is 0. The van der Waals surface area contributed by atoms with Gasteiger partial charge in [0.2, 0.25) is 0 Å². The maximum Gasteiger partial charge on any atom is 0.258 e. The Kier molecular flexibility index (Phi) is 4.98. The number of carbonyl (C=O) groups is 1. The lowest BCUT2D eigenvalue weighted by atomic mass is 10.2. The van der Waals surface area contributed by atoms with E-state index in [1.165, 1.54) is 15.8 Å². The lowest BCUT2D eigenvalue weighted by Gasteiger charge is -2.20. The SMILES string of the molecule is CCn1cc(CN(CCO)C(=O)c2cnn(C)c2Cl)cn1. The van der Waals surface area contributed by atoms with Gasteiger partial charge in [0.15, 0.2) is 0 Å². The van der Waals surface area contributed by atoms with Gasteiger partial charge in [-0.15, -0.1) is 0 Å².